The monoisotopic (exact) mass is 218 g/mol. The highest BCUT2D eigenvalue weighted by Gasteiger charge is 2.16. The minimum Gasteiger partial charge on any atom is -0.384 e. The van der Waals surface area contributed by atoms with Crippen LogP contribution in [0, 0.1) is 5.92 Å². The van der Waals surface area contributed by atoms with Crippen LogP contribution in [-0.2, 0) is 0 Å². The molecule has 1 heterocycles. The normalized spacial score (nSPS) is 33.0. The van der Waals surface area contributed by atoms with E-state index in [9.17, 15) is 0 Å². The molecule has 0 aromatic carbocycles. The van der Waals surface area contributed by atoms with Crippen molar-refractivity contribution >= 4 is 0 Å². The number of nitrogens with one attached hydrogen (secondary N) is 2. The maximum atomic E-state index is 3.55. The molecule has 2 unspecified atom stereocenters. The minimum atomic E-state index is 0.452. The lowest BCUT2D eigenvalue weighted by atomic mass is 9.95. The van der Waals surface area contributed by atoms with E-state index in [1.54, 1.807) is 0 Å². The summed E-state index contributed by atoms with van der Waals surface area (Å²) in [5.74, 6) is 0.578. The van der Waals surface area contributed by atoms with E-state index < -0.39 is 0 Å². The Morgan fingerprint density at radius 1 is 1.00 bits per heavy atom. The zero-order chi connectivity index (χ0) is 11.1. The molecule has 2 nitrogen and oxygen atoms in total. The van der Waals surface area contributed by atoms with Gasteiger partial charge in [0.1, 0.15) is 0 Å². The van der Waals surface area contributed by atoms with E-state index in [1.807, 2.05) is 0 Å². The lowest BCUT2D eigenvalue weighted by molar-refractivity contribution is 0.465. The number of hydrogen-bond donors (Lipinski definition) is 2. The van der Waals surface area contributed by atoms with Gasteiger partial charge in [-0.25, -0.2) is 0 Å². The Balaban J connectivity index is 1.93. The average Bonchev–Trinajstić information content (AvgIpc) is 2.30. The van der Waals surface area contributed by atoms with Gasteiger partial charge in [0, 0.05) is 12.5 Å². The Bertz CT molecular complexity index is 278. The van der Waals surface area contributed by atoms with Crippen molar-refractivity contribution in [1.29, 1.82) is 0 Å². The molecule has 1 aliphatic carbocycles. The zero-order valence-corrected chi connectivity index (χ0v) is 9.86. The van der Waals surface area contributed by atoms with Gasteiger partial charge in [-0.1, -0.05) is 36.8 Å². The lowest BCUT2D eigenvalue weighted by Crippen LogP contribution is -2.37. The van der Waals surface area contributed by atoms with E-state index >= 15 is 0 Å². The standard InChI is InChI=1S/C14H22N2/c1-2-6-10-15-12-13-8-4-5-9-14(13)16-11-7-3-1/h4-5,7-9,11,13-16H,1-3,6,10,12H2/b11-7-. The van der Waals surface area contributed by atoms with Crippen molar-refractivity contribution in [1.82, 2.24) is 10.6 Å². The highest BCUT2D eigenvalue weighted by atomic mass is 14.9. The molecule has 0 fully saturated rings. The van der Waals surface area contributed by atoms with Crippen molar-refractivity contribution in [2.45, 2.75) is 31.7 Å². The van der Waals surface area contributed by atoms with E-state index in [-0.39, 0.29) is 0 Å². The first-order valence-electron chi connectivity index (χ1n) is 6.43. The topological polar surface area (TPSA) is 24.1 Å². The van der Waals surface area contributed by atoms with Crippen LogP contribution in [0.1, 0.15) is 25.7 Å². The summed E-state index contributed by atoms with van der Waals surface area (Å²) in [6.45, 7) is 2.23. The molecular formula is C14H22N2. The Morgan fingerprint density at radius 3 is 2.94 bits per heavy atom. The van der Waals surface area contributed by atoms with Gasteiger partial charge < -0.3 is 10.6 Å². The predicted molar refractivity (Wildman–Crippen MR) is 69.2 cm³/mol. The summed E-state index contributed by atoms with van der Waals surface area (Å²) in [5.41, 5.74) is 0. The summed E-state index contributed by atoms with van der Waals surface area (Å²) in [4.78, 5) is 0. The summed E-state index contributed by atoms with van der Waals surface area (Å²) in [7, 11) is 0. The van der Waals surface area contributed by atoms with E-state index in [1.165, 1.54) is 25.7 Å². The maximum absolute atomic E-state index is 3.55. The SMILES string of the molecule is C1=CC2CNCCCCC/C=C\NC2C=C1. The molecule has 0 radical (unpaired) electrons. The van der Waals surface area contributed by atoms with E-state index in [0.717, 1.165) is 13.1 Å². The molecule has 0 aromatic heterocycles. The van der Waals surface area contributed by atoms with Crippen LogP contribution < -0.4 is 10.6 Å². The first-order chi connectivity index (χ1) is 7.97. The summed E-state index contributed by atoms with van der Waals surface area (Å²) in [6.07, 6.45) is 18.4. The summed E-state index contributed by atoms with van der Waals surface area (Å²) in [5, 5.41) is 7.03. The van der Waals surface area contributed by atoms with Crippen molar-refractivity contribution < 1.29 is 0 Å². The van der Waals surface area contributed by atoms with Crippen LogP contribution in [0.15, 0.2) is 36.6 Å². The van der Waals surface area contributed by atoms with Crippen molar-refractivity contribution in [3.05, 3.63) is 36.6 Å². The largest absolute Gasteiger partial charge is 0.384 e. The molecule has 16 heavy (non-hydrogen) atoms. The van der Waals surface area contributed by atoms with Crippen LogP contribution in [0.3, 0.4) is 0 Å². The molecule has 2 rings (SSSR count). The van der Waals surface area contributed by atoms with Gasteiger partial charge in [-0.3, -0.25) is 0 Å². The number of hydrogen-bond acceptors (Lipinski definition) is 2. The summed E-state index contributed by atoms with van der Waals surface area (Å²) in [6, 6.07) is 0.452. The molecule has 1 aliphatic heterocycles. The van der Waals surface area contributed by atoms with Gasteiger partial charge in [-0.2, -0.15) is 0 Å². The van der Waals surface area contributed by atoms with Gasteiger partial charge in [0.15, 0.2) is 0 Å². The number of allylic oxidation sites excluding steroid dienone is 3. The summed E-state index contributed by atoms with van der Waals surface area (Å²) >= 11 is 0. The van der Waals surface area contributed by atoms with Gasteiger partial charge in [0.25, 0.3) is 0 Å². The van der Waals surface area contributed by atoms with E-state index in [0.29, 0.717) is 12.0 Å². The van der Waals surface area contributed by atoms with Crippen molar-refractivity contribution in [3.8, 4) is 0 Å². The fraction of sp³-hybridized carbons (Fsp3) is 0.571. The Morgan fingerprint density at radius 2 is 1.94 bits per heavy atom. The molecule has 2 atom stereocenters. The van der Waals surface area contributed by atoms with E-state index in [2.05, 4.69) is 47.2 Å². The third-order valence-electron chi connectivity index (χ3n) is 3.26. The molecule has 0 aromatic rings. The van der Waals surface area contributed by atoms with Gasteiger partial charge >= 0.3 is 0 Å². The van der Waals surface area contributed by atoms with Crippen LogP contribution in [0.4, 0.5) is 0 Å². The quantitative estimate of drug-likeness (QED) is 0.652. The fourth-order valence-electron chi connectivity index (χ4n) is 2.25. The zero-order valence-electron chi connectivity index (χ0n) is 9.86. The molecule has 2 N–H and O–H groups in total. The van der Waals surface area contributed by atoms with Crippen LogP contribution in [0.25, 0.3) is 0 Å². The smallest absolute Gasteiger partial charge is 0.0516 e. The maximum Gasteiger partial charge on any atom is 0.0516 e. The van der Waals surface area contributed by atoms with Crippen molar-refractivity contribution in [2.24, 2.45) is 5.92 Å². The lowest BCUT2D eigenvalue weighted by Gasteiger charge is -2.25. The van der Waals surface area contributed by atoms with Gasteiger partial charge in [0.05, 0.1) is 6.04 Å². The molecule has 0 spiro atoms. The first-order valence-corrected chi connectivity index (χ1v) is 6.43. The molecule has 88 valence electrons. The second kappa shape index (κ2) is 6.54. The molecule has 0 amide bonds. The highest BCUT2D eigenvalue weighted by molar-refractivity contribution is 5.18. The number of fused-ring (bicyclic) bond motifs is 1. The van der Waals surface area contributed by atoms with Crippen molar-refractivity contribution in [3.63, 3.8) is 0 Å². The van der Waals surface area contributed by atoms with Crippen LogP contribution in [0.2, 0.25) is 0 Å². The number of rotatable bonds is 0. The first kappa shape index (κ1) is 11.5. The van der Waals surface area contributed by atoms with Crippen LogP contribution in [-0.4, -0.2) is 19.1 Å². The van der Waals surface area contributed by atoms with Crippen LogP contribution in [0.5, 0.6) is 0 Å². The molecule has 0 saturated carbocycles. The molecule has 2 heteroatoms. The molecule has 0 bridgehead atoms. The van der Waals surface area contributed by atoms with Gasteiger partial charge in [0.2, 0.25) is 0 Å². The summed E-state index contributed by atoms with van der Waals surface area (Å²) < 4.78 is 0. The highest BCUT2D eigenvalue weighted by Crippen LogP contribution is 2.12. The Kier molecular flexibility index (Phi) is 4.69. The van der Waals surface area contributed by atoms with Gasteiger partial charge in [-0.05, 0) is 32.0 Å². The third-order valence-corrected chi connectivity index (χ3v) is 3.26. The predicted octanol–water partition coefficient (Wildman–Crippen LogP) is 2.36. The minimum absolute atomic E-state index is 0.452. The van der Waals surface area contributed by atoms with Gasteiger partial charge in [-0.15, -0.1) is 0 Å². The average molecular weight is 218 g/mol. The molecular weight excluding hydrogens is 196 g/mol. The second-order valence-electron chi connectivity index (χ2n) is 4.58. The third kappa shape index (κ3) is 3.53. The van der Waals surface area contributed by atoms with E-state index in [4.69, 9.17) is 0 Å². The Hall–Kier alpha value is -1.02. The fourth-order valence-corrected chi connectivity index (χ4v) is 2.25. The Labute approximate surface area is 98.5 Å². The van der Waals surface area contributed by atoms with Crippen LogP contribution >= 0.6 is 0 Å². The van der Waals surface area contributed by atoms with Crippen molar-refractivity contribution in [2.75, 3.05) is 13.1 Å². The molecule has 2 aliphatic rings. The molecule has 0 saturated heterocycles. The second-order valence-corrected chi connectivity index (χ2v) is 4.58.